The van der Waals surface area contributed by atoms with E-state index in [0.29, 0.717) is 13.1 Å². The predicted molar refractivity (Wildman–Crippen MR) is 71.0 cm³/mol. The van der Waals surface area contributed by atoms with Crippen molar-refractivity contribution < 1.29 is 19.5 Å². The van der Waals surface area contributed by atoms with Gasteiger partial charge in [-0.25, -0.2) is 0 Å². The van der Waals surface area contributed by atoms with Crippen LogP contribution in [0.25, 0.3) is 0 Å². The van der Waals surface area contributed by atoms with Gasteiger partial charge in [0.1, 0.15) is 0 Å². The zero-order chi connectivity index (χ0) is 13.9. The third kappa shape index (κ3) is 3.62. The van der Waals surface area contributed by atoms with E-state index in [1.54, 1.807) is 4.90 Å². The number of carboxylic acid groups (broad SMARTS) is 1. The molecule has 2 amide bonds. The van der Waals surface area contributed by atoms with Crippen LogP contribution >= 0.6 is 11.8 Å². The van der Waals surface area contributed by atoms with E-state index in [2.05, 4.69) is 5.32 Å². The fraction of sp³-hybridized carbons (Fsp3) is 0.750. The highest BCUT2D eigenvalue weighted by Crippen LogP contribution is 2.35. The molecule has 0 unspecified atom stereocenters. The fourth-order valence-electron chi connectivity index (χ4n) is 2.46. The van der Waals surface area contributed by atoms with Crippen molar-refractivity contribution in [2.24, 2.45) is 0 Å². The van der Waals surface area contributed by atoms with Crippen LogP contribution in [0.15, 0.2) is 0 Å². The van der Waals surface area contributed by atoms with Crippen LogP contribution in [0.5, 0.6) is 0 Å². The first-order valence-corrected chi connectivity index (χ1v) is 7.44. The Bertz CT molecular complexity index is 395. The minimum atomic E-state index is -0.883. The topological polar surface area (TPSA) is 86.7 Å². The molecule has 6 nitrogen and oxygen atoms in total. The molecule has 2 fully saturated rings. The molecule has 19 heavy (non-hydrogen) atoms. The Morgan fingerprint density at radius 2 is 2.16 bits per heavy atom. The molecule has 7 heteroatoms. The molecule has 2 rings (SSSR count). The van der Waals surface area contributed by atoms with E-state index < -0.39 is 11.5 Å². The highest BCUT2D eigenvalue weighted by Gasteiger charge is 2.40. The molecule has 0 aromatic heterocycles. The van der Waals surface area contributed by atoms with Crippen molar-refractivity contribution in [3.05, 3.63) is 0 Å². The number of carbonyl (C=O) groups excluding carboxylic acids is 2. The Morgan fingerprint density at radius 3 is 2.63 bits per heavy atom. The van der Waals surface area contributed by atoms with Crippen LogP contribution in [0.1, 0.15) is 32.1 Å². The maximum atomic E-state index is 11.8. The number of nitrogens with one attached hydrogen (secondary N) is 1. The van der Waals surface area contributed by atoms with Gasteiger partial charge in [0, 0.05) is 25.3 Å². The summed E-state index contributed by atoms with van der Waals surface area (Å²) in [6, 6.07) is 0. The molecule has 0 atom stereocenters. The van der Waals surface area contributed by atoms with E-state index >= 15 is 0 Å². The SMILES string of the molecule is O=C(O)CC1(NC(=O)CCN2CCSC2=O)CCC1. The van der Waals surface area contributed by atoms with Gasteiger partial charge < -0.3 is 15.3 Å². The van der Waals surface area contributed by atoms with Crippen LogP contribution in [0.3, 0.4) is 0 Å². The average molecular weight is 286 g/mol. The molecular formula is C12H18N2O4S. The molecule has 1 saturated carbocycles. The first kappa shape index (κ1) is 14.2. The zero-order valence-corrected chi connectivity index (χ0v) is 11.5. The smallest absolute Gasteiger partial charge is 0.305 e. The molecule has 0 radical (unpaired) electrons. The van der Waals surface area contributed by atoms with E-state index in [-0.39, 0.29) is 24.0 Å². The monoisotopic (exact) mass is 286 g/mol. The third-order valence-electron chi connectivity index (χ3n) is 3.66. The molecule has 0 aromatic carbocycles. The van der Waals surface area contributed by atoms with Gasteiger partial charge in [0.2, 0.25) is 5.91 Å². The summed E-state index contributed by atoms with van der Waals surface area (Å²) in [5, 5.41) is 11.7. The highest BCUT2D eigenvalue weighted by molar-refractivity contribution is 8.13. The molecule has 1 saturated heterocycles. The molecule has 1 aliphatic carbocycles. The fourth-order valence-corrected chi connectivity index (χ4v) is 3.31. The minimum absolute atomic E-state index is 0.0166. The lowest BCUT2D eigenvalue weighted by molar-refractivity contribution is -0.140. The number of hydrogen-bond donors (Lipinski definition) is 2. The van der Waals surface area contributed by atoms with Gasteiger partial charge >= 0.3 is 5.97 Å². The quantitative estimate of drug-likeness (QED) is 0.762. The molecule has 1 aliphatic heterocycles. The van der Waals surface area contributed by atoms with E-state index in [9.17, 15) is 14.4 Å². The summed E-state index contributed by atoms with van der Waals surface area (Å²) in [5.74, 6) is -0.264. The maximum Gasteiger partial charge on any atom is 0.305 e. The van der Waals surface area contributed by atoms with Crippen molar-refractivity contribution in [2.75, 3.05) is 18.8 Å². The number of carboxylic acids is 1. The van der Waals surface area contributed by atoms with Crippen molar-refractivity contribution in [2.45, 2.75) is 37.6 Å². The van der Waals surface area contributed by atoms with Crippen LogP contribution in [0.4, 0.5) is 4.79 Å². The molecule has 0 bridgehead atoms. The molecule has 2 N–H and O–H groups in total. The number of hydrogen-bond acceptors (Lipinski definition) is 4. The van der Waals surface area contributed by atoms with Crippen molar-refractivity contribution in [1.29, 1.82) is 0 Å². The Balaban J connectivity index is 1.77. The van der Waals surface area contributed by atoms with Gasteiger partial charge in [-0.15, -0.1) is 0 Å². The van der Waals surface area contributed by atoms with E-state index in [0.717, 1.165) is 25.0 Å². The van der Waals surface area contributed by atoms with Crippen LogP contribution < -0.4 is 5.32 Å². The van der Waals surface area contributed by atoms with Crippen molar-refractivity contribution >= 4 is 28.9 Å². The van der Waals surface area contributed by atoms with Crippen molar-refractivity contribution in [3.8, 4) is 0 Å². The first-order valence-electron chi connectivity index (χ1n) is 6.45. The van der Waals surface area contributed by atoms with Gasteiger partial charge in [0.25, 0.3) is 5.24 Å². The van der Waals surface area contributed by atoms with Gasteiger partial charge in [-0.2, -0.15) is 0 Å². The number of carbonyl (C=O) groups is 3. The lowest BCUT2D eigenvalue weighted by Crippen LogP contribution is -2.55. The molecule has 2 aliphatic rings. The van der Waals surface area contributed by atoms with Crippen LogP contribution in [-0.4, -0.2) is 51.5 Å². The molecule has 106 valence electrons. The summed E-state index contributed by atoms with van der Waals surface area (Å²) >= 11 is 1.27. The summed E-state index contributed by atoms with van der Waals surface area (Å²) in [5.41, 5.74) is -0.549. The second-order valence-electron chi connectivity index (χ2n) is 5.10. The maximum absolute atomic E-state index is 11.8. The molecule has 0 spiro atoms. The lowest BCUT2D eigenvalue weighted by atomic mass is 9.74. The predicted octanol–water partition coefficient (Wildman–Crippen LogP) is 1.06. The Hall–Kier alpha value is -1.24. The van der Waals surface area contributed by atoms with Gasteiger partial charge in [0.15, 0.2) is 0 Å². The summed E-state index contributed by atoms with van der Waals surface area (Å²) in [7, 11) is 0. The Kier molecular flexibility index (Phi) is 4.34. The van der Waals surface area contributed by atoms with Gasteiger partial charge in [-0.05, 0) is 19.3 Å². The van der Waals surface area contributed by atoms with Crippen LogP contribution in [0.2, 0.25) is 0 Å². The van der Waals surface area contributed by atoms with E-state index in [1.807, 2.05) is 0 Å². The largest absolute Gasteiger partial charge is 0.481 e. The highest BCUT2D eigenvalue weighted by atomic mass is 32.2. The lowest BCUT2D eigenvalue weighted by Gasteiger charge is -2.41. The summed E-state index contributed by atoms with van der Waals surface area (Å²) < 4.78 is 0. The van der Waals surface area contributed by atoms with Gasteiger partial charge in [-0.3, -0.25) is 14.4 Å². The third-order valence-corrected chi connectivity index (χ3v) is 4.55. The number of rotatable bonds is 6. The van der Waals surface area contributed by atoms with Crippen LogP contribution in [0, 0.1) is 0 Å². The van der Waals surface area contributed by atoms with Crippen molar-refractivity contribution in [3.63, 3.8) is 0 Å². The van der Waals surface area contributed by atoms with Gasteiger partial charge in [0.05, 0.1) is 12.0 Å². The van der Waals surface area contributed by atoms with Crippen LogP contribution in [-0.2, 0) is 9.59 Å². The zero-order valence-electron chi connectivity index (χ0n) is 10.7. The number of nitrogens with zero attached hydrogens (tertiary/aromatic N) is 1. The second-order valence-corrected chi connectivity index (χ2v) is 6.15. The number of aliphatic carboxylic acids is 1. The Morgan fingerprint density at radius 1 is 1.42 bits per heavy atom. The standard InChI is InChI=1S/C12H18N2O4S/c15-9(2-5-14-6-7-19-11(14)18)13-12(3-1-4-12)8-10(16)17/h1-8H2,(H,13,15)(H,16,17). The summed E-state index contributed by atoms with van der Waals surface area (Å²) in [6.07, 6.45) is 2.63. The van der Waals surface area contributed by atoms with Crippen molar-refractivity contribution in [1.82, 2.24) is 10.2 Å². The molecule has 1 heterocycles. The summed E-state index contributed by atoms with van der Waals surface area (Å²) in [6.45, 7) is 1.11. The molecule has 0 aromatic rings. The number of thioether (sulfide) groups is 1. The Labute approximate surface area is 115 Å². The van der Waals surface area contributed by atoms with Gasteiger partial charge in [-0.1, -0.05) is 11.8 Å². The summed E-state index contributed by atoms with van der Waals surface area (Å²) in [4.78, 5) is 35.7. The second kappa shape index (κ2) is 5.81. The van der Waals surface area contributed by atoms with E-state index in [4.69, 9.17) is 5.11 Å². The average Bonchev–Trinajstić information content (AvgIpc) is 2.68. The number of amides is 2. The first-order chi connectivity index (χ1) is 9.01. The normalized spacial score (nSPS) is 21.1. The minimum Gasteiger partial charge on any atom is -0.481 e. The molecular weight excluding hydrogens is 268 g/mol. The van der Waals surface area contributed by atoms with E-state index in [1.165, 1.54) is 11.8 Å².